The summed E-state index contributed by atoms with van der Waals surface area (Å²) in [5.74, 6) is 6.14. The van der Waals surface area contributed by atoms with E-state index in [1.807, 2.05) is 0 Å². The van der Waals surface area contributed by atoms with Gasteiger partial charge in [0.05, 0.1) is 0 Å². The van der Waals surface area contributed by atoms with Crippen LogP contribution >= 0.6 is 15.9 Å². The van der Waals surface area contributed by atoms with Crippen LogP contribution in [-0.2, 0) is 0 Å². The maximum Gasteiger partial charge on any atom is 0.00889 e. The summed E-state index contributed by atoms with van der Waals surface area (Å²) < 4.78 is 0. The fourth-order valence-electron chi connectivity index (χ4n) is 0.521. The highest BCUT2D eigenvalue weighted by Crippen LogP contribution is 1.96. The molecule has 0 radical (unpaired) electrons. The van der Waals surface area contributed by atoms with E-state index in [9.17, 15) is 0 Å². The van der Waals surface area contributed by atoms with Gasteiger partial charge >= 0.3 is 0 Å². The topological polar surface area (TPSA) is 0 Å². The molecule has 0 aromatic heterocycles. The summed E-state index contributed by atoms with van der Waals surface area (Å²) in [4.78, 5) is 0. The molecule has 0 saturated carbocycles. The van der Waals surface area contributed by atoms with Crippen molar-refractivity contribution in [1.82, 2.24) is 0 Å². The largest absolute Gasteiger partial charge is 0.104 e. The second-order valence-electron chi connectivity index (χ2n) is 1.85. The predicted molar refractivity (Wildman–Crippen MR) is 45.7 cm³/mol. The van der Waals surface area contributed by atoms with E-state index in [1.165, 1.54) is 12.8 Å². The molecule has 0 amide bonds. The minimum Gasteiger partial charge on any atom is -0.104 e. The van der Waals surface area contributed by atoms with Crippen molar-refractivity contribution in [3.05, 3.63) is 0 Å². The van der Waals surface area contributed by atoms with Crippen molar-refractivity contribution >= 4 is 15.9 Å². The number of alkyl halides is 1. The molecule has 0 heterocycles. The Hall–Kier alpha value is 0.0400. The second kappa shape index (κ2) is 8.04. The van der Waals surface area contributed by atoms with Gasteiger partial charge in [0.1, 0.15) is 0 Å². The van der Waals surface area contributed by atoms with Gasteiger partial charge in [-0.25, -0.2) is 0 Å². The van der Waals surface area contributed by atoms with Crippen molar-refractivity contribution in [1.29, 1.82) is 0 Å². The highest BCUT2D eigenvalue weighted by molar-refractivity contribution is 9.09. The Morgan fingerprint density at radius 2 is 2.00 bits per heavy atom. The predicted octanol–water partition coefficient (Wildman–Crippen LogP) is 2.97. The van der Waals surface area contributed by atoms with E-state index in [-0.39, 0.29) is 0 Å². The lowest BCUT2D eigenvalue weighted by Gasteiger charge is -1.86. The SMILES string of the molecule is CCC#CCCCCBr. The molecule has 0 spiro atoms. The second-order valence-corrected chi connectivity index (χ2v) is 2.65. The van der Waals surface area contributed by atoms with Crippen LogP contribution in [0.5, 0.6) is 0 Å². The first-order valence-electron chi connectivity index (χ1n) is 3.43. The molecule has 0 unspecified atom stereocenters. The first-order valence-corrected chi connectivity index (χ1v) is 4.55. The Morgan fingerprint density at radius 3 is 2.56 bits per heavy atom. The molecule has 0 nitrogen and oxygen atoms in total. The zero-order valence-corrected chi connectivity index (χ0v) is 7.50. The lowest BCUT2D eigenvalue weighted by atomic mass is 10.2. The van der Waals surface area contributed by atoms with Crippen molar-refractivity contribution < 1.29 is 0 Å². The average Bonchev–Trinajstić information content (AvgIpc) is 1.89. The standard InChI is InChI=1S/C8H13Br/c1-2-3-4-5-6-7-8-9/h2,5-8H2,1H3. The van der Waals surface area contributed by atoms with Gasteiger partial charge in [-0.1, -0.05) is 22.9 Å². The Morgan fingerprint density at radius 1 is 1.22 bits per heavy atom. The zero-order valence-electron chi connectivity index (χ0n) is 5.91. The summed E-state index contributed by atoms with van der Waals surface area (Å²) >= 11 is 3.37. The minimum atomic E-state index is 0.994. The van der Waals surface area contributed by atoms with Gasteiger partial charge in [-0.2, -0.15) is 0 Å². The molecule has 0 fully saturated rings. The summed E-state index contributed by atoms with van der Waals surface area (Å²) in [5, 5.41) is 1.11. The molecule has 0 aliphatic carbocycles. The monoisotopic (exact) mass is 188 g/mol. The average molecular weight is 189 g/mol. The van der Waals surface area contributed by atoms with Crippen molar-refractivity contribution in [3.8, 4) is 11.8 Å². The lowest BCUT2D eigenvalue weighted by Crippen LogP contribution is -1.73. The van der Waals surface area contributed by atoms with Crippen LogP contribution in [0.2, 0.25) is 0 Å². The Bertz CT molecular complexity index is 96.9. The number of rotatable bonds is 3. The Balaban J connectivity index is 2.90. The molecule has 0 atom stereocenters. The molecule has 0 aliphatic heterocycles. The highest BCUT2D eigenvalue weighted by atomic mass is 79.9. The molecular weight excluding hydrogens is 176 g/mol. The van der Waals surface area contributed by atoms with Crippen LogP contribution in [-0.4, -0.2) is 5.33 Å². The lowest BCUT2D eigenvalue weighted by molar-refractivity contribution is 0.840. The quantitative estimate of drug-likeness (QED) is 0.363. The van der Waals surface area contributed by atoms with E-state index in [0.29, 0.717) is 0 Å². The molecule has 0 aromatic carbocycles. The van der Waals surface area contributed by atoms with Crippen molar-refractivity contribution in [2.45, 2.75) is 32.6 Å². The van der Waals surface area contributed by atoms with Gasteiger partial charge in [-0.05, 0) is 12.8 Å². The zero-order chi connectivity index (χ0) is 6.95. The first kappa shape index (κ1) is 9.04. The van der Waals surface area contributed by atoms with Crippen molar-refractivity contribution in [2.75, 3.05) is 5.33 Å². The van der Waals surface area contributed by atoms with Crippen molar-refractivity contribution in [2.24, 2.45) is 0 Å². The number of hydrogen-bond acceptors (Lipinski definition) is 0. The van der Waals surface area contributed by atoms with Gasteiger partial charge in [-0.3, -0.25) is 0 Å². The number of unbranched alkanes of at least 4 members (excludes halogenated alkanes) is 2. The summed E-state index contributed by atoms with van der Waals surface area (Å²) in [6, 6.07) is 0. The molecule has 9 heavy (non-hydrogen) atoms. The molecular formula is C8H13Br. The van der Waals surface area contributed by atoms with E-state index >= 15 is 0 Å². The molecule has 0 aliphatic rings. The summed E-state index contributed by atoms with van der Waals surface area (Å²) in [6.45, 7) is 2.08. The van der Waals surface area contributed by atoms with E-state index in [1.54, 1.807) is 0 Å². The normalized spacial score (nSPS) is 8.22. The highest BCUT2D eigenvalue weighted by Gasteiger charge is 1.79. The van der Waals surface area contributed by atoms with Gasteiger partial charge < -0.3 is 0 Å². The summed E-state index contributed by atoms with van der Waals surface area (Å²) in [7, 11) is 0. The van der Waals surface area contributed by atoms with E-state index < -0.39 is 0 Å². The van der Waals surface area contributed by atoms with Gasteiger partial charge in [0, 0.05) is 18.2 Å². The Kier molecular flexibility index (Phi) is 8.08. The van der Waals surface area contributed by atoms with Gasteiger partial charge in [0.15, 0.2) is 0 Å². The third-order valence-electron chi connectivity index (χ3n) is 0.987. The van der Waals surface area contributed by atoms with Crippen LogP contribution in [0.3, 0.4) is 0 Å². The fraction of sp³-hybridized carbons (Fsp3) is 0.750. The molecule has 0 saturated heterocycles. The van der Waals surface area contributed by atoms with Crippen LogP contribution in [0.25, 0.3) is 0 Å². The van der Waals surface area contributed by atoms with Crippen LogP contribution in [0, 0.1) is 11.8 Å². The van der Waals surface area contributed by atoms with E-state index in [4.69, 9.17) is 0 Å². The molecule has 0 aromatic rings. The smallest absolute Gasteiger partial charge is 0.00889 e. The summed E-state index contributed by atoms with van der Waals surface area (Å²) in [5.41, 5.74) is 0. The summed E-state index contributed by atoms with van der Waals surface area (Å²) in [6.07, 6.45) is 4.55. The first-order chi connectivity index (χ1) is 4.41. The third-order valence-corrected chi connectivity index (χ3v) is 1.55. The van der Waals surface area contributed by atoms with Crippen LogP contribution in [0.1, 0.15) is 32.6 Å². The minimum absolute atomic E-state index is 0.994. The number of halogens is 1. The fourth-order valence-corrected chi connectivity index (χ4v) is 0.918. The van der Waals surface area contributed by atoms with Gasteiger partial charge in [-0.15, -0.1) is 11.8 Å². The maximum atomic E-state index is 3.37. The molecule has 0 rings (SSSR count). The van der Waals surface area contributed by atoms with Gasteiger partial charge in [0.25, 0.3) is 0 Å². The van der Waals surface area contributed by atoms with Crippen LogP contribution in [0.15, 0.2) is 0 Å². The van der Waals surface area contributed by atoms with E-state index in [2.05, 4.69) is 34.7 Å². The van der Waals surface area contributed by atoms with Crippen LogP contribution in [0.4, 0.5) is 0 Å². The van der Waals surface area contributed by atoms with Gasteiger partial charge in [0.2, 0.25) is 0 Å². The molecule has 1 heteroatoms. The molecule has 0 N–H and O–H groups in total. The van der Waals surface area contributed by atoms with Crippen LogP contribution < -0.4 is 0 Å². The maximum absolute atomic E-state index is 3.37. The molecule has 0 bridgehead atoms. The van der Waals surface area contributed by atoms with Crippen molar-refractivity contribution in [3.63, 3.8) is 0 Å². The third kappa shape index (κ3) is 8.04. The Labute approximate surface area is 66.2 Å². The molecule has 52 valence electrons. The van der Waals surface area contributed by atoms with E-state index in [0.717, 1.165) is 18.2 Å². The number of hydrogen-bond donors (Lipinski definition) is 0.